The zero-order chi connectivity index (χ0) is 19.4. The Morgan fingerprint density at radius 2 is 2.00 bits per heavy atom. The Labute approximate surface area is 167 Å². The van der Waals surface area contributed by atoms with Crippen molar-refractivity contribution in [2.45, 2.75) is 45.8 Å². The molecule has 6 nitrogen and oxygen atoms in total. The van der Waals surface area contributed by atoms with Gasteiger partial charge in [-0.05, 0) is 45.1 Å². The summed E-state index contributed by atoms with van der Waals surface area (Å²) in [7, 11) is 0. The molecule has 146 valence electrons. The summed E-state index contributed by atoms with van der Waals surface area (Å²) in [5, 5.41) is 6.92. The van der Waals surface area contributed by atoms with Crippen molar-refractivity contribution in [2.24, 2.45) is 5.92 Å². The molecule has 0 bridgehead atoms. The van der Waals surface area contributed by atoms with Crippen molar-refractivity contribution in [1.82, 2.24) is 9.88 Å². The minimum Gasteiger partial charge on any atom is -0.459 e. The Hall–Kier alpha value is -1.93. The maximum Gasteiger partial charge on any atom is 0.410 e. The Morgan fingerprint density at radius 3 is 2.63 bits per heavy atom. The number of carbonyl (C=O) groups excluding carboxylic acids is 2. The number of aromatic nitrogens is 1. The fourth-order valence-electron chi connectivity index (χ4n) is 2.78. The highest BCUT2D eigenvalue weighted by atomic mass is 32.1. The first kappa shape index (κ1) is 19.8. The van der Waals surface area contributed by atoms with E-state index in [1.165, 1.54) is 0 Å². The third-order valence-corrected chi connectivity index (χ3v) is 5.79. The summed E-state index contributed by atoms with van der Waals surface area (Å²) in [5.41, 5.74) is 1.35. The highest BCUT2D eigenvalue weighted by molar-refractivity contribution is 7.14. The molecule has 0 aliphatic carbocycles. The van der Waals surface area contributed by atoms with Gasteiger partial charge in [-0.1, -0.05) is 0 Å². The molecule has 27 heavy (non-hydrogen) atoms. The van der Waals surface area contributed by atoms with Crippen LogP contribution in [0.4, 0.5) is 4.79 Å². The number of amides is 1. The van der Waals surface area contributed by atoms with Gasteiger partial charge in [0.1, 0.15) is 17.2 Å². The second-order valence-electron chi connectivity index (χ2n) is 7.51. The van der Waals surface area contributed by atoms with E-state index < -0.39 is 5.60 Å². The first-order valence-electron chi connectivity index (χ1n) is 8.93. The molecular weight excluding hydrogens is 384 g/mol. The number of carbonyl (C=O) groups is 2. The number of hydrogen-bond acceptors (Lipinski definition) is 7. The van der Waals surface area contributed by atoms with Crippen LogP contribution in [0.25, 0.3) is 10.6 Å². The lowest BCUT2D eigenvalue weighted by molar-refractivity contribution is -0.151. The molecule has 1 aliphatic rings. The number of thiophene rings is 1. The summed E-state index contributed by atoms with van der Waals surface area (Å²) in [6.45, 7) is 6.74. The standard InChI is InChI=1S/C19H24N2O4S2/c1-19(2,3)25-18(23)21-7-4-13(5-8-21)17(22)24-10-15-12-27-16(20-15)14-6-9-26-11-14/h6,9,11-13H,4-5,7-8,10H2,1-3H3. The van der Waals surface area contributed by atoms with Gasteiger partial charge in [0.25, 0.3) is 0 Å². The van der Waals surface area contributed by atoms with Crippen molar-refractivity contribution in [3.63, 3.8) is 0 Å². The van der Waals surface area contributed by atoms with Gasteiger partial charge in [-0.2, -0.15) is 11.3 Å². The van der Waals surface area contributed by atoms with Gasteiger partial charge < -0.3 is 14.4 Å². The van der Waals surface area contributed by atoms with Gasteiger partial charge in [-0.15, -0.1) is 11.3 Å². The fourth-order valence-corrected chi connectivity index (χ4v) is 4.30. The van der Waals surface area contributed by atoms with E-state index in [2.05, 4.69) is 4.98 Å². The van der Waals surface area contributed by atoms with Gasteiger partial charge in [0.2, 0.25) is 0 Å². The zero-order valence-electron chi connectivity index (χ0n) is 15.8. The molecule has 3 heterocycles. The fraction of sp³-hybridized carbons (Fsp3) is 0.526. The lowest BCUT2D eigenvalue weighted by Gasteiger charge is -2.32. The largest absolute Gasteiger partial charge is 0.459 e. The summed E-state index contributed by atoms with van der Waals surface area (Å²) < 4.78 is 10.8. The molecule has 1 saturated heterocycles. The second-order valence-corrected chi connectivity index (χ2v) is 9.14. The van der Waals surface area contributed by atoms with Crippen molar-refractivity contribution in [2.75, 3.05) is 13.1 Å². The van der Waals surface area contributed by atoms with Crippen LogP contribution in [0.2, 0.25) is 0 Å². The molecule has 2 aromatic rings. The molecule has 8 heteroatoms. The predicted molar refractivity (Wildman–Crippen MR) is 106 cm³/mol. The van der Waals surface area contributed by atoms with Crippen molar-refractivity contribution in [3.05, 3.63) is 27.9 Å². The van der Waals surface area contributed by atoms with Gasteiger partial charge in [-0.3, -0.25) is 4.79 Å². The van der Waals surface area contributed by atoms with Crippen molar-refractivity contribution in [1.29, 1.82) is 0 Å². The maximum absolute atomic E-state index is 12.3. The average molecular weight is 409 g/mol. The molecule has 0 atom stereocenters. The van der Waals surface area contributed by atoms with Gasteiger partial charge in [0.15, 0.2) is 0 Å². The van der Waals surface area contributed by atoms with Crippen LogP contribution < -0.4 is 0 Å². The number of likely N-dealkylation sites (tertiary alicyclic amines) is 1. The highest BCUT2D eigenvalue weighted by Crippen LogP contribution is 2.26. The summed E-state index contributed by atoms with van der Waals surface area (Å²) in [4.78, 5) is 30.6. The first-order valence-corrected chi connectivity index (χ1v) is 10.8. The van der Waals surface area contributed by atoms with Crippen LogP contribution in [0.1, 0.15) is 39.3 Å². The normalized spacial score (nSPS) is 15.6. The van der Waals surface area contributed by atoms with E-state index in [0.29, 0.717) is 25.9 Å². The van der Waals surface area contributed by atoms with E-state index >= 15 is 0 Å². The lowest BCUT2D eigenvalue weighted by atomic mass is 9.97. The number of piperidine rings is 1. The van der Waals surface area contributed by atoms with Gasteiger partial charge in [-0.25, -0.2) is 9.78 Å². The van der Waals surface area contributed by atoms with Crippen LogP contribution in [-0.4, -0.2) is 40.6 Å². The first-order chi connectivity index (χ1) is 12.8. The van der Waals surface area contributed by atoms with E-state index in [1.54, 1.807) is 27.6 Å². The van der Waals surface area contributed by atoms with Gasteiger partial charge >= 0.3 is 12.1 Å². The van der Waals surface area contributed by atoms with E-state index in [9.17, 15) is 9.59 Å². The molecular formula is C19H24N2O4S2. The quantitative estimate of drug-likeness (QED) is 0.694. The molecule has 1 fully saturated rings. The minimum absolute atomic E-state index is 0.182. The van der Waals surface area contributed by atoms with Crippen LogP contribution in [0.3, 0.4) is 0 Å². The van der Waals surface area contributed by atoms with Crippen LogP contribution in [0.15, 0.2) is 22.2 Å². The van der Waals surface area contributed by atoms with E-state index in [1.807, 2.05) is 43.0 Å². The Kier molecular flexibility index (Phi) is 6.16. The van der Waals surface area contributed by atoms with E-state index in [-0.39, 0.29) is 24.6 Å². The number of hydrogen-bond donors (Lipinski definition) is 0. The van der Waals surface area contributed by atoms with Gasteiger partial charge in [0, 0.05) is 29.4 Å². The monoisotopic (exact) mass is 408 g/mol. The zero-order valence-corrected chi connectivity index (χ0v) is 17.4. The van der Waals surface area contributed by atoms with Crippen molar-refractivity contribution >= 4 is 34.7 Å². The van der Waals surface area contributed by atoms with Crippen LogP contribution in [0, 0.1) is 5.92 Å². The number of thiazole rings is 1. The predicted octanol–water partition coefficient (Wildman–Crippen LogP) is 4.56. The highest BCUT2D eigenvalue weighted by Gasteiger charge is 2.30. The third-order valence-electron chi connectivity index (χ3n) is 4.16. The average Bonchev–Trinajstić information content (AvgIpc) is 3.29. The van der Waals surface area contributed by atoms with Crippen LogP contribution in [0.5, 0.6) is 0 Å². The molecule has 1 amide bonds. The van der Waals surface area contributed by atoms with Crippen LogP contribution >= 0.6 is 22.7 Å². The summed E-state index contributed by atoms with van der Waals surface area (Å²) in [5.74, 6) is -0.400. The summed E-state index contributed by atoms with van der Waals surface area (Å²) in [6, 6.07) is 2.03. The molecule has 0 spiro atoms. The number of esters is 1. The van der Waals surface area contributed by atoms with Gasteiger partial charge in [0.05, 0.1) is 11.6 Å². The number of ether oxygens (including phenoxy) is 2. The molecule has 1 aliphatic heterocycles. The second kappa shape index (κ2) is 8.39. The molecule has 0 radical (unpaired) electrons. The Morgan fingerprint density at radius 1 is 1.26 bits per heavy atom. The molecule has 0 aromatic carbocycles. The van der Waals surface area contributed by atoms with Crippen molar-refractivity contribution < 1.29 is 19.1 Å². The lowest BCUT2D eigenvalue weighted by Crippen LogP contribution is -2.43. The molecule has 0 N–H and O–H groups in total. The van der Waals surface area contributed by atoms with E-state index in [0.717, 1.165) is 16.3 Å². The minimum atomic E-state index is -0.512. The maximum atomic E-state index is 12.3. The molecule has 2 aromatic heterocycles. The van der Waals surface area contributed by atoms with Crippen LogP contribution in [-0.2, 0) is 20.9 Å². The third kappa shape index (κ3) is 5.52. The Bertz CT molecular complexity index is 772. The topological polar surface area (TPSA) is 68.7 Å². The summed E-state index contributed by atoms with van der Waals surface area (Å²) >= 11 is 3.18. The Balaban J connectivity index is 1.44. The SMILES string of the molecule is CC(C)(C)OC(=O)N1CCC(C(=O)OCc2csc(-c3ccsc3)n2)CC1. The summed E-state index contributed by atoms with van der Waals surface area (Å²) in [6.07, 6.45) is 0.864. The molecule has 0 unspecified atom stereocenters. The number of rotatable bonds is 4. The molecule has 0 saturated carbocycles. The van der Waals surface area contributed by atoms with E-state index in [4.69, 9.17) is 9.47 Å². The molecule has 3 rings (SSSR count). The number of nitrogens with zero attached hydrogens (tertiary/aromatic N) is 2. The van der Waals surface area contributed by atoms with Crippen molar-refractivity contribution in [3.8, 4) is 10.6 Å². The smallest absolute Gasteiger partial charge is 0.410 e.